The van der Waals surface area contributed by atoms with Gasteiger partial charge in [0.25, 0.3) is 0 Å². The molecule has 2 aromatic heterocycles. The fourth-order valence-electron chi connectivity index (χ4n) is 3.65. The van der Waals surface area contributed by atoms with Gasteiger partial charge in [-0.1, -0.05) is 48.0 Å². The number of halogens is 1. The smallest absolute Gasteiger partial charge is 0.227 e. The van der Waals surface area contributed by atoms with Gasteiger partial charge >= 0.3 is 0 Å². The Morgan fingerprint density at radius 3 is 2.52 bits per heavy atom. The van der Waals surface area contributed by atoms with Crippen molar-refractivity contribution in [2.75, 3.05) is 0 Å². The fraction of sp³-hybridized carbons (Fsp3) is 0. The maximum absolute atomic E-state index is 6.38. The van der Waals surface area contributed by atoms with Gasteiger partial charge in [-0.2, -0.15) is 0 Å². The van der Waals surface area contributed by atoms with Crippen molar-refractivity contribution in [1.82, 2.24) is 4.98 Å². The Balaban J connectivity index is 1.59. The summed E-state index contributed by atoms with van der Waals surface area (Å²) in [6.45, 7) is 0. The van der Waals surface area contributed by atoms with Crippen LogP contribution in [0.25, 0.3) is 55.3 Å². The van der Waals surface area contributed by atoms with Gasteiger partial charge in [-0.3, -0.25) is 0 Å². The molecule has 0 saturated heterocycles. The highest BCUT2D eigenvalue weighted by Crippen LogP contribution is 2.37. The van der Waals surface area contributed by atoms with Crippen LogP contribution < -0.4 is 0 Å². The molecule has 0 radical (unpaired) electrons. The lowest BCUT2D eigenvalue weighted by atomic mass is 10.1. The molecule has 0 bridgehead atoms. The highest BCUT2D eigenvalue weighted by molar-refractivity contribution is 6.37. The lowest BCUT2D eigenvalue weighted by Crippen LogP contribution is -1.78. The van der Waals surface area contributed by atoms with E-state index in [1.165, 1.54) is 5.39 Å². The predicted molar refractivity (Wildman–Crippen MR) is 109 cm³/mol. The summed E-state index contributed by atoms with van der Waals surface area (Å²) in [7, 11) is 0. The zero-order valence-electron chi connectivity index (χ0n) is 14.1. The Bertz CT molecular complexity index is 1490. The van der Waals surface area contributed by atoms with E-state index in [2.05, 4.69) is 24.3 Å². The molecule has 2 heterocycles. The maximum atomic E-state index is 6.38. The molecular formula is C23H12ClNO2. The molecule has 0 aliphatic rings. The molecule has 0 spiro atoms. The van der Waals surface area contributed by atoms with Crippen LogP contribution in [0.5, 0.6) is 0 Å². The van der Waals surface area contributed by atoms with Crippen LogP contribution in [0.4, 0.5) is 0 Å². The zero-order valence-corrected chi connectivity index (χ0v) is 14.8. The number of fused-ring (bicyclic) bond motifs is 5. The van der Waals surface area contributed by atoms with Crippen molar-refractivity contribution in [1.29, 1.82) is 0 Å². The van der Waals surface area contributed by atoms with Gasteiger partial charge < -0.3 is 8.83 Å². The number of nitrogens with zero attached hydrogens (tertiary/aromatic N) is 1. The Hall–Kier alpha value is -3.30. The number of oxazole rings is 1. The van der Waals surface area contributed by atoms with Crippen molar-refractivity contribution in [3.63, 3.8) is 0 Å². The standard InChI is InChI=1S/C23H12ClNO2/c24-17-6-3-7-19-22(17)16-11-18-21(12-20(16)26-19)27-23(25-18)15-9-8-13-4-1-2-5-14(13)10-15/h1-12H. The van der Waals surface area contributed by atoms with Crippen LogP contribution in [0, 0.1) is 0 Å². The van der Waals surface area contributed by atoms with E-state index in [4.69, 9.17) is 25.4 Å². The highest BCUT2D eigenvalue weighted by atomic mass is 35.5. The molecule has 4 aromatic carbocycles. The molecule has 0 saturated carbocycles. The van der Waals surface area contributed by atoms with Crippen molar-refractivity contribution >= 4 is 55.4 Å². The van der Waals surface area contributed by atoms with Crippen LogP contribution in [0.3, 0.4) is 0 Å². The Morgan fingerprint density at radius 2 is 1.59 bits per heavy atom. The van der Waals surface area contributed by atoms with E-state index in [1.54, 1.807) is 0 Å². The average Bonchev–Trinajstić information content (AvgIpc) is 3.26. The molecule has 6 aromatic rings. The maximum Gasteiger partial charge on any atom is 0.227 e. The Kier molecular flexibility index (Phi) is 2.94. The van der Waals surface area contributed by atoms with Gasteiger partial charge in [-0.05, 0) is 41.1 Å². The highest BCUT2D eigenvalue weighted by Gasteiger charge is 2.15. The van der Waals surface area contributed by atoms with Crippen molar-refractivity contribution in [3.05, 3.63) is 77.8 Å². The van der Waals surface area contributed by atoms with Crippen LogP contribution in [0.15, 0.2) is 81.6 Å². The largest absolute Gasteiger partial charge is 0.456 e. The third kappa shape index (κ3) is 2.19. The third-order valence-corrected chi connectivity index (χ3v) is 5.27. The zero-order chi connectivity index (χ0) is 18.0. The van der Waals surface area contributed by atoms with Gasteiger partial charge in [0.2, 0.25) is 5.89 Å². The first-order valence-corrected chi connectivity index (χ1v) is 9.04. The first kappa shape index (κ1) is 14.8. The van der Waals surface area contributed by atoms with Crippen molar-refractivity contribution in [2.45, 2.75) is 0 Å². The molecule has 0 N–H and O–H groups in total. The van der Waals surface area contributed by atoms with Crippen LogP contribution >= 0.6 is 11.6 Å². The van der Waals surface area contributed by atoms with Crippen LogP contribution in [0.2, 0.25) is 5.02 Å². The van der Waals surface area contributed by atoms with Crippen LogP contribution in [-0.4, -0.2) is 4.98 Å². The molecule has 27 heavy (non-hydrogen) atoms. The Labute approximate surface area is 158 Å². The normalized spacial score (nSPS) is 11.9. The molecule has 0 aliphatic carbocycles. The summed E-state index contributed by atoms with van der Waals surface area (Å²) < 4.78 is 12.0. The third-order valence-electron chi connectivity index (χ3n) is 4.95. The van der Waals surface area contributed by atoms with E-state index in [9.17, 15) is 0 Å². The SMILES string of the molecule is Clc1cccc2oc3cc4oc(-c5ccc6ccccc6c5)nc4cc3c12. The average molecular weight is 370 g/mol. The first-order chi connectivity index (χ1) is 13.3. The van der Waals surface area contributed by atoms with Crippen LogP contribution in [-0.2, 0) is 0 Å². The summed E-state index contributed by atoms with van der Waals surface area (Å²) in [6, 6.07) is 24.0. The van der Waals surface area contributed by atoms with Crippen molar-refractivity contribution < 1.29 is 8.83 Å². The summed E-state index contributed by atoms with van der Waals surface area (Å²) in [6.07, 6.45) is 0. The molecule has 0 amide bonds. The summed E-state index contributed by atoms with van der Waals surface area (Å²) >= 11 is 6.38. The molecule has 128 valence electrons. The van der Waals surface area contributed by atoms with E-state index in [1.807, 2.05) is 48.5 Å². The van der Waals surface area contributed by atoms with E-state index < -0.39 is 0 Å². The molecular weight excluding hydrogens is 358 g/mol. The molecule has 4 heteroatoms. The Morgan fingerprint density at radius 1 is 0.704 bits per heavy atom. The van der Waals surface area contributed by atoms with Gasteiger partial charge in [0.15, 0.2) is 5.58 Å². The molecule has 0 unspecified atom stereocenters. The monoisotopic (exact) mass is 369 g/mol. The van der Waals surface area contributed by atoms with Crippen molar-refractivity contribution in [3.8, 4) is 11.5 Å². The van der Waals surface area contributed by atoms with Gasteiger partial charge in [0, 0.05) is 22.4 Å². The summed E-state index contributed by atoms with van der Waals surface area (Å²) in [5.74, 6) is 0.596. The molecule has 3 nitrogen and oxygen atoms in total. The summed E-state index contributed by atoms with van der Waals surface area (Å²) in [5.41, 5.74) is 3.94. The topological polar surface area (TPSA) is 39.2 Å². The van der Waals surface area contributed by atoms with E-state index in [-0.39, 0.29) is 0 Å². The van der Waals surface area contributed by atoms with Gasteiger partial charge in [-0.25, -0.2) is 4.98 Å². The van der Waals surface area contributed by atoms with Crippen molar-refractivity contribution in [2.24, 2.45) is 0 Å². The van der Waals surface area contributed by atoms with E-state index in [0.717, 1.165) is 38.4 Å². The second kappa shape index (κ2) is 5.35. The fourth-order valence-corrected chi connectivity index (χ4v) is 3.92. The molecule has 0 aliphatic heterocycles. The summed E-state index contributed by atoms with van der Waals surface area (Å²) in [5, 5.41) is 4.87. The minimum atomic E-state index is 0.596. The first-order valence-electron chi connectivity index (χ1n) is 8.67. The van der Waals surface area contributed by atoms with Crippen LogP contribution in [0.1, 0.15) is 0 Å². The number of aromatic nitrogens is 1. The minimum absolute atomic E-state index is 0.596. The number of furan rings is 1. The number of rotatable bonds is 1. The quantitative estimate of drug-likeness (QED) is 0.307. The minimum Gasteiger partial charge on any atom is -0.456 e. The number of benzene rings is 4. The van der Waals surface area contributed by atoms with Gasteiger partial charge in [0.1, 0.15) is 16.7 Å². The van der Waals surface area contributed by atoms with Gasteiger partial charge in [0.05, 0.1) is 5.02 Å². The number of hydrogen-bond acceptors (Lipinski definition) is 3. The lowest BCUT2D eigenvalue weighted by Gasteiger charge is -1.99. The molecule has 6 rings (SSSR count). The van der Waals surface area contributed by atoms with E-state index >= 15 is 0 Å². The lowest BCUT2D eigenvalue weighted by molar-refractivity contribution is 0.617. The summed E-state index contributed by atoms with van der Waals surface area (Å²) in [4.78, 5) is 4.70. The molecule has 0 fully saturated rings. The van der Waals surface area contributed by atoms with E-state index in [0.29, 0.717) is 16.5 Å². The number of hydrogen-bond donors (Lipinski definition) is 0. The second-order valence-electron chi connectivity index (χ2n) is 6.61. The predicted octanol–water partition coefficient (Wildman–Crippen LogP) is 7.20. The second-order valence-corrected chi connectivity index (χ2v) is 7.02. The molecule has 0 atom stereocenters. The van der Waals surface area contributed by atoms with Gasteiger partial charge in [-0.15, -0.1) is 0 Å².